The van der Waals surface area contributed by atoms with Crippen LogP contribution < -0.4 is 20.9 Å². The van der Waals surface area contributed by atoms with Gasteiger partial charge in [0, 0.05) is 43.1 Å². The van der Waals surface area contributed by atoms with Crippen molar-refractivity contribution in [1.29, 1.82) is 0 Å². The number of amides is 1. The molecule has 0 radical (unpaired) electrons. The number of pyridine rings is 1. The molecule has 1 aliphatic heterocycles. The molecule has 38 heavy (non-hydrogen) atoms. The van der Waals surface area contributed by atoms with Crippen LogP contribution in [-0.2, 0) is 10.4 Å². The van der Waals surface area contributed by atoms with Gasteiger partial charge >= 0.3 is 0 Å². The standard InChI is InChI=1S/C28H33N7O3/c1-4-14-29-26(37)22-17-30-27(34-25(22)33-24-7-5-6-23(32-24)28(2,3)38)31-20-8-10-21(11-9-20)35-15-12-19(18-36)13-16-35/h4-11,17-19,38H,1,12-16H2,2-3H3,(H,29,37)(H2,30,31,32,33,34). The van der Waals surface area contributed by atoms with Crippen LogP contribution in [0.2, 0.25) is 0 Å². The Kier molecular flexibility index (Phi) is 8.32. The molecule has 0 saturated carbocycles. The number of piperidine rings is 1. The van der Waals surface area contributed by atoms with Crippen LogP contribution in [-0.4, -0.2) is 51.9 Å². The number of nitrogens with one attached hydrogen (secondary N) is 3. The van der Waals surface area contributed by atoms with Gasteiger partial charge < -0.3 is 30.8 Å². The summed E-state index contributed by atoms with van der Waals surface area (Å²) in [4.78, 5) is 39.4. The first kappa shape index (κ1) is 26.7. The summed E-state index contributed by atoms with van der Waals surface area (Å²) in [5.74, 6) is 0.780. The molecule has 198 valence electrons. The number of carbonyl (C=O) groups excluding carboxylic acids is 2. The first-order valence-corrected chi connectivity index (χ1v) is 12.6. The molecule has 0 bridgehead atoms. The van der Waals surface area contributed by atoms with Crippen LogP contribution in [0.4, 0.5) is 29.0 Å². The van der Waals surface area contributed by atoms with Crippen LogP contribution >= 0.6 is 0 Å². The molecule has 0 spiro atoms. The van der Waals surface area contributed by atoms with Gasteiger partial charge in [0.25, 0.3) is 5.91 Å². The molecule has 1 saturated heterocycles. The van der Waals surface area contributed by atoms with Gasteiger partial charge in [-0.3, -0.25) is 4.79 Å². The Morgan fingerprint density at radius 3 is 2.53 bits per heavy atom. The van der Waals surface area contributed by atoms with E-state index in [0.29, 0.717) is 24.0 Å². The van der Waals surface area contributed by atoms with E-state index in [0.717, 1.165) is 43.6 Å². The van der Waals surface area contributed by atoms with Crippen molar-refractivity contribution in [3.63, 3.8) is 0 Å². The first-order chi connectivity index (χ1) is 18.3. The predicted molar refractivity (Wildman–Crippen MR) is 148 cm³/mol. The van der Waals surface area contributed by atoms with Crippen molar-refractivity contribution in [2.45, 2.75) is 32.3 Å². The number of rotatable bonds is 10. The van der Waals surface area contributed by atoms with Crippen LogP contribution in [0.25, 0.3) is 0 Å². The second kappa shape index (κ2) is 11.8. The van der Waals surface area contributed by atoms with Crippen LogP contribution in [0.5, 0.6) is 0 Å². The van der Waals surface area contributed by atoms with E-state index >= 15 is 0 Å². The van der Waals surface area contributed by atoms with Crippen molar-refractivity contribution in [3.8, 4) is 0 Å². The lowest BCUT2D eigenvalue weighted by atomic mass is 9.98. The van der Waals surface area contributed by atoms with E-state index in [9.17, 15) is 14.7 Å². The van der Waals surface area contributed by atoms with Crippen LogP contribution in [0, 0.1) is 5.92 Å². The molecule has 1 aromatic carbocycles. The maximum Gasteiger partial charge on any atom is 0.256 e. The normalized spacial score (nSPS) is 14.0. The summed E-state index contributed by atoms with van der Waals surface area (Å²) in [5.41, 5.74) is 1.46. The average Bonchev–Trinajstić information content (AvgIpc) is 2.92. The summed E-state index contributed by atoms with van der Waals surface area (Å²) in [5, 5.41) is 19.4. The van der Waals surface area contributed by atoms with E-state index in [1.807, 2.05) is 24.3 Å². The fourth-order valence-electron chi connectivity index (χ4n) is 4.11. The van der Waals surface area contributed by atoms with Gasteiger partial charge in [-0.15, -0.1) is 6.58 Å². The molecule has 3 aromatic rings. The molecule has 4 N–H and O–H groups in total. The minimum atomic E-state index is -1.13. The monoisotopic (exact) mass is 515 g/mol. The average molecular weight is 516 g/mol. The zero-order valence-electron chi connectivity index (χ0n) is 21.6. The highest BCUT2D eigenvalue weighted by Crippen LogP contribution is 2.26. The number of hydrogen-bond donors (Lipinski definition) is 4. The van der Waals surface area contributed by atoms with Crippen molar-refractivity contribution in [3.05, 3.63) is 72.6 Å². The number of aliphatic hydroxyl groups is 1. The smallest absolute Gasteiger partial charge is 0.256 e. The molecule has 0 aliphatic carbocycles. The number of anilines is 5. The highest BCUT2D eigenvalue weighted by atomic mass is 16.3. The second-order valence-electron chi connectivity index (χ2n) is 9.68. The second-order valence-corrected chi connectivity index (χ2v) is 9.68. The Balaban J connectivity index is 1.54. The Morgan fingerprint density at radius 1 is 1.13 bits per heavy atom. The molecule has 2 aromatic heterocycles. The van der Waals surface area contributed by atoms with E-state index in [1.54, 1.807) is 38.1 Å². The lowest BCUT2D eigenvalue weighted by Gasteiger charge is -2.31. The largest absolute Gasteiger partial charge is 0.384 e. The van der Waals surface area contributed by atoms with Gasteiger partial charge in [0.05, 0.1) is 5.69 Å². The molecule has 3 heterocycles. The van der Waals surface area contributed by atoms with E-state index in [2.05, 4.69) is 42.4 Å². The number of carbonyl (C=O) groups is 2. The van der Waals surface area contributed by atoms with E-state index in [4.69, 9.17) is 0 Å². The van der Waals surface area contributed by atoms with E-state index < -0.39 is 5.60 Å². The number of aromatic nitrogens is 3. The van der Waals surface area contributed by atoms with Crippen LogP contribution in [0.1, 0.15) is 42.7 Å². The predicted octanol–water partition coefficient (Wildman–Crippen LogP) is 3.92. The number of aldehydes is 1. The van der Waals surface area contributed by atoms with Gasteiger partial charge in [-0.2, -0.15) is 4.98 Å². The zero-order valence-corrected chi connectivity index (χ0v) is 21.6. The van der Waals surface area contributed by atoms with Crippen LogP contribution in [0.3, 0.4) is 0 Å². The molecule has 10 nitrogen and oxygen atoms in total. The molecule has 0 unspecified atom stereocenters. The van der Waals surface area contributed by atoms with Gasteiger partial charge in [0.15, 0.2) is 0 Å². The quantitative estimate of drug-likeness (QED) is 0.234. The third-order valence-electron chi connectivity index (χ3n) is 6.28. The summed E-state index contributed by atoms with van der Waals surface area (Å²) in [6.45, 7) is 8.94. The van der Waals surface area contributed by atoms with Crippen molar-refractivity contribution in [2.75, 3.05) is 35.2 Å². The molecular weight excluding hydrogens is 482 g/mol. The lowest BCUT2D eigenvalue weighted by molar-refractivity contribution is -0.111. The maximum absolute atomic E-state index is 12.8. The van der Waals surface area contributed by atoms with Crippen LogP contribution in [0.15, 0.2) is 61.3 Å². The number of benzene rings is 1. The Labute approximate surface area is 222 Å². The highest BCUT2D eigenvalue weighted by Gasteiger charge is 2.20. The Bertz CT molecular complexity index is 1280. The third-order valence-corrected chi connectivity index (χ3v) is 6.28. The minimum absolute atomic E-state index is 0.154. The Morgan fingerprint density at radius 2 is 1.87 bits per heavy atom. The van der Waals surface area contributed by atoms with E-state index in [-0.39, 0.29) is 23.2 Å². The van der Waals surface area contributed by atoms with Crippen molar-refractivity contribution in [2.24, 2.45) is 5.92 Å². The molecule has 1 aliphatic rings. The number of nitrogens with zero attached hydrogens (tertiary/aromatic N) is 4. The molecule has 0 atom stereocenters. The van der Waals surface area contributed by atoms with Gasteiger partial charge in [-0.25, -0.2) is 9.97 Å². The van der Waals surface area contributed by atoms with Crippen molar-refractivity contribution in [1.82, 2.24) is 20.3 Å². The molecular formula is C28H33N7O3. The van der Waals surface area contributed by atoms with E-state index in [1.165, 1.54) is 6.20 Å². The minimum Gasteiger partial charge on any atom is -0.384 e. The molecule has 4 rings (SSSR count). The molecule has 1 fully saturated rings. The van der Waals surface area contributed by atoms with Crippen molar-refractivity contribution < 1.29 is 14.7 Å². The summed E-state index contributed by atoms with van der Waals surface area (Å²) >= 11 is 0. The molecule has 1 amide bonds. The topological polar surface area (TPSA) is 132 Å². The van der Waals surface area contributed by atoms with Crippen molar-refractivity contribution >= 4 is 41.2 Å². The summed E-state index contributed by atoms with van der Waals surface area (Å²) in [7, 11) is 0. The van der Waals surface area contributed by atoms with Gasteiger partial charge in [-0.05, 0) is 63.1 Å². The summed E-state index contributed by atoms with van der Waals surface area (Å²) < 4.78 is 0. The zero-order chi connectivity index (χ0) is 27.1. The van der Waals surface area contributed by atoms with Gasteiger partial charge in [0.1, 0.15) is 29.1 Å². The highest BCUT2D eigenvalue weighted by molar-refractivity contribution is 5.99. The first-order valence-electron chi connectivity index (χ1n) is 12.6. The fraction of sp³-hybridized carbons (Fsp3) is 0.321. The number of hydrogen-bond acceptors (Lipinski definition) is 9. The molecule has 10 heteroatoms. The Hall–Kier alpha value is -4.31. The van der Waals surface area contributed by atoms with Gasteiger partial charge in [-0.1, -0.05) is 12.1 Å². The lowest BCUT2D eigenvalue weighted by Crippen LogP contribution is -2.33. The summed E-state index contributed by atoms with van der Waals surface area (Å²) in [6.07, 6.45) is 5.83. The third kappa shape index (κ3) is 6.71. The summed E-state index contributed by atoms with van der Waals surface area (Å²) in [6, 6.07) is 13.1. The fourth-order valence-corrected chi connectivity index (χ4v) is 4.11. The van der Waals surface area contributed by atoms with Gasteiger partial charge in [0.2, 0.25) is 5.95 Å². The SMILES string of the molecule is C=CCNC(=O)c1cnc(Nc2ccc(N3CCC(C=O)CC3)cc2)nc1Nc1cccc(C(C)(C)O)n1. The maximum atomic E-state index is 12.8.